The van der Waals surface area contributed by atoms with E-state index in [-0.39, 0.29) is 11.5 Å². The van der Waals surface area contributed by atoms with Crippen molar-refractivity contribution in [2.45, 2.75) is 37.1 Å². The second kappa shape index (κ2) is 8.48. The molecule has 0 saturated heterocycles. The van der Waals surface area contributed by atoms with Gasteiger partial charge in [-0.15, -0.1) is 0 Å². The van der Waals surface area contributed by atoms with E-state index in [1.807, 2.05) is 38.1 Å². The molecule has 0 aliphatic rings. The van der Waals surface area contributed by atoms with Crippen LogP contribution >= 0.6 is 11.8 Å². The van der Waals surface area contributed by atoms with Crippen LogP contribution in [-0.2, 0) is 4.79 Å². The fraction of sp³-hybridized carbons (Fsp3) is 0.238. The van der Waals surface area contributed by atoms with Gasteiger partial charge in [0.2, 0.25) is 5.91 Å². The van der Waals surface area contributed by atoms with E-state index in [0.29, 0.717) is 16.1 Å². The molecule has 0 unspecified atom stereocenters. The highest BCUT2D eigenvalue weighted by molar-refractivity contribution is 8.00. The number of urea groups is 1. The Morgan fingerprint density at radius 1 is 1.07 bits per heavy atom. The maximum Gasteiger partial charge on any atom is 0.318 e. The molecule has 0 bridgehead atoms. The average molecular weight is 410 g/mol. The first-order chi connectivity index (χ1) is 13.8. The van der Waals surface area contributed by atoms with Gasteiger partial charge >= 0.3 is 6.03 Å². The van der Waals surface area contributed by atoms with Crippen LogP contribution in [0.4, 0.5) is 4.79 Å². The molecule has 3 aromatic rings. The van der Waals surface area contributed by atoms with Gasteiger partial charge in [-0.2, -0.15) is 0 Å². The van der Waals surface area contributed by atoms with Crippen LogP contribution in [0.3, 0.4) is 0 Å². The maximum absolute atomic E-state index is 13.4. The first-order valence-corrected chi connectivity index (χ1v) is 10.1. The molecule has 8 heteroatoms. The van der Waals surface area contributed by atoms with Crippen molar-refractivity contribution < 1.29 is 9.59 Å². The number of nitrogens with two attached hydrogens (primary N) is 1. The highest BCUT2D eigenvalue weighted by atomic mass is 32.2. The molecule has 0 saturated carbocycles. The van der Waals surface area contributed by atoms with Crippen molar-refractivity contribution in [1.29, 1.82) is 0 Å². The van der Waals surface area contributed by atoms with Crippen LogP contribution in [0.25, 0.3) is 16.6 Å². The number of nitrogens with zero attached hydrogens (tertiary/aromatic N) is 2. The number of carbonyl (C=O) groups is 2. The lowest BCUT2D eigenvalue weighted by molar-refractivity contribution is -0.119. The van der Waals surface area contributed by atoms with Crippen molar-refractivity contribution in [2.24, 2.45) is 5.73 Å². The molecule has 3 rings (SSSR count). The number of thioether (sulfide) groups is 1. The van der Waals surface area contributed by atoms with E-state index in [1.54, 1.807) is 31.2 Å². The van der Waals surface area contributed by atoms with Crippen LogP contribution < -0.4 is 16.6 Å². The van der Waals surface area contributed by atoms with E-state index in [4.69, 9.17) is 5.73 Å². The SMILES string of the molecule is CC(C)c1ccccc1-n1c(S[C@@H](C)C(=O)NC(N)=O)nc2ccccc2c1=O. The Labute approximate surface area is 172 Å². The van der Waals surface area contributed by atoms with Crippen molar-refractivity contribution in [3.8, 4) is 5.69 Å². The highest BCUT2D eigenvalue weighted by Crippen LogP contribution is 2.29. The quantitative estimate of drug-likeness (QED) is 0.496. The molecule has 150 valence electrons. The molecule has 1 heterocycles. The van der Waals surface area contributed by atoms with E-state index in [2.05, 4.69) is 10.3 Å². The predicted molar refractivity (Wildman–Crippen MR) is 114 cm³/mol. The van der Waals surface area contributed by atoms with Crippen LogP contribution in [0.2, 0.25) is 0 Å². The van der Waals surface area contributed by atoms with Crippen LogP contribution in [-0.4, -0.2) is 26.7 Å². The van der Waals surface area contributed by atoms with E-state index >= 15 is 0 Å². The number of para-hydroxylation sites is 2. The lowest BCUT2D eigenvalue weighted by atomic mass is 10.0. The van der Waals surface area contributed by atoms with Crippen LogP contribution in [0.15, 0.2) is 58.5 Å². The van der Waals surface area contributed by atoms with Gasteiger partial charge in [-0.05, 0) is 36.6 Å². The largest absolute Gasteiger partial charge is 0.351 e. The minimum Gasteiger partial charge on any atom is -0.351 e. The number of hydrogen-bond donors (Lipinski definition) is 2. The molecule has 2 aromatic carbocycles. The number of fused-ring (bicyclic) bond motifs is 1. The van der Waals surface area contributed by atoms with Crippen molar-refractivity contribution >= 4 is 34.6 Å². The summed E-state index contributed by atoms with van der Waals surface area (Å²) in [6.45, 7) is 5.73. The summed E-state index contributed by atoms with van der Waals surface area (Å²) in [5.74, 6) is -0.369. The second-order valence-corrected chi connectivity index (χ2v) is 8.19. The summed E-state index contributed by atoms with van der Waals surface area (Å²) in [7, 11) is 0. The molecule has 1 atom stereocenters. The number of amides is 3. The van der Waals surface area contributed by atoms with Gasteiger partial charge in [0.15, 0.2) is 5.16 Å². The Morgan fingerprint density at radius 3 is 2.41 bits per heavy atom. The third kappa shape index (κ3) is 4.32. The summed E-state index contributed by atoms with van der Waals surface area (Å²) in [6, 6.07) is 13.8. The molecule has 0 aliphatic carbocycles. The fourth-order valence-corrected chi connectivity index (χ4v) is 3.94. The Hall–Kier alpha value is -3.13. The van der Waals surface area contributed by atoms with Gasteiger partial charge in [0.25, 0.3) is 5.56 Å². The van der Waals surface area contributed by atoms with E-state index in [9.17, 15) is 14.4 Å². The molecule has 0 spiro atoms. The van der Waals surface area contributed by atoms with Gasteiger partial charge in [-0.25, -0.2) is 9.78 Å². The third-order valence-corrected chi connectivity index (χ3v) is 5.49. The number of carbonyl (C=O) groups excluding carboxylic acids is 2. The summed E-state index contributed by atoms with van der Waals surface area (Å²) in [5, 5.41) is 2.24. The monoisotopic (exact) mass is 410 g/mol. The lowest BCUT2D eigenvalue weighted by Crippen LogP contribution is -2.39. The zero-order valence-corrected chi connectivity index (χ0v) is 17.2. The minimum atomic E-state index is -0.920. The van der Waals surface area contributed by atoms with E-state index in [1.165, 1.54) is 4.57 Å². The molecule has 0 aliphatic heterocycles. The first-order valence-electron chi connectivity index (χ1n) is 9.17. The molecule has 7 nitrogen and oxygen atoms in total. The molecule has 0 fully saturated rings. The van der Waals surface area contributed by atoms with Crippen LogP contribution in [0, 0.1) is 0 Å². The fourth-order valence-electron chi connectivity index (χ4n) is 3.02. The van der Waals surface area contributed by atoms with Gasteiger partial charge in [0, 0.05) is 0 Å². The number of primary amides is 1. The molecular weight excluding hydrogens is 388 g/mol. The van der Waals surface area contributed by atoms with E-state index in [0.717, 1.165) is 23.0 Å². The average Bonchev–Trinajstić information content (AvgIpc) is 2.67. The van der Waals surface area contributed by atoms with Gasteiger partial charge < -0.3 is 5.73 Å². The molecule has 3 N–H and O–H groups in total. The molecular formula is C21H22N4O3S. The number of benzene rings is 2. The number of rotatable bonds is 5. The topological polar surface area (TPSA) is 107 Å². The van der Waals surface area contributed by atoms with E-state index < -0.39 is 17.2 Å². The number of nitrogens with one attached hydrogen (secondary N) is 1. The van der Waals surface area contributed by atoms with Crippen molar-refractivity contribution in [3.05, 3.63) is 64.4 Å². The smallest absolute Gasteiger partial charge is 0.318 e. The number of imide groups is 1. The molecule has 29 heavy (non-hydrogen) atoms. The number of aromatic nitrogens is 2. The Bertz CT molecular complexity index is 1140. The minimum absolute atomic E-state index is 0.179. The van der Waals surface area contributed by atoms with Crippen molar-refractivity contribution in [2.75, 3.05) is 0 Å². The second-order valence-electron chi connectivity index (χ2n) is 6.88. The Kier molecular flexibility index (Phi) is 6.03. The van der Waals surface area contributed by atoms with Gasteiger partial charge in [-0.1, -0.05) is 55.9 Å². The van der Waals surface area contributed by atoms with Crippen molar-refractivity contribution in [1.82, 2.24) is 14.9 Å². The van der Waals surface area contributed by atoms with Gasteiger partial charge in [0.1, 0.15) is 0 Å². The summed E-state index contributed by atoms with van der Waals surface area (Å²) in [5.41, 5.74) is 7.08. The summed E-state index contributed by atoms with van der Waals surface area (Å²) < 4.78 is 1.54. The zero-order chi connectivity index (χ0) is 21.1. The molecule has 1 aromatic heterocycles. The van der Waals surface area contributed by atoms with Gasteiger partial charge in [-0.3, -0.25) is 19.5 Å². The molecule has 3 amide bonds. The standard InChI is InChI=1S/C21H22N4O3S/c1-12(2)14-8-5-7-11-17(14)25-19(27)15-9-4-6-10-16(15)23-21(25)29-13(3)18(26)24-20(22)28/h4-13H,1-3H3,(H3,22,24,26,28)/t13-/m0/s1. The first kappa shape index (κ1) is 20.6. The van der Waals surface area contributed by atoms with Crippen LogP contribution in [0.5, 0.6) is 0 Å². The summed E-state index contributed by atoms with van der Waals surface area (Å²) in [4.78, 5) is 41.2. The molecule has 0 radical (unpaired) electrons. The van der Waals surface area contributed by atoms with Crippen molar-refractivity contribution in [3.63, 3.8) is 0 Å². The summed E-state index contributed by atoms with van der Waals surface area (Å²) in [6.07, 6.45) is 0. The predicted octanol–water partition coefficient (Wildman–Crippen LogP) is 3.18. The van der Waals surface area contributed by atoms with Crippen LogP contribution in [0.1, 0.15) is 32.3 Å². The lowest BCUT2D eigenvalue weighted by Gasteiger charge is -2.19. The van der Waals surface area contributed by atoms with Gasteiger partial charge in [0.05, 0.1) is 21.8 Å². The normalized spacial score (nSPS) is 12.1. The summed E-state index contributed by atoms with van der Waals surface area (Å²) >= 11 is 1.10. The maximum atomic E-state index is 13.4. The number of hydrogen-bond acceptors (Lipinski definition) is 5. The highest BCUT2D eigenvalue weighted by Gasteiger charge is 2.22. The Morgan fingerprint density at radius 2 is 1.72 bits per heavy atom. The Balaban J connectivity index is 2.21. The third-order valence-electron chi connectivity index (χ3n) is 4.44. The zero-order valence-electron chi connectivity index (χ0n) is 16.4.